The maximum atomic E-state index is 13.1. The molecule has 1 atom stereocenters. The number of nitro groups is 1. The van der Waals surface area contributed by atoms with Crippen molar-refractivity contribution in [2.75, 3.05) is 6.54 Å². The Morgan fingerprint density at radius 1 is 1.21 bits per heavy atom. The molecule has 0 saturated carbocycles. The summed E-state index contributed by atoms with van der Waals surface area (Å²) in [4.78, 5) is 25.8. The minimum absolute atomic E-state index is 0.0132. The number of carbonyl (C=O) groups is 1. The first-order valence-corrected chi connectivity index (χ1v) is 9.72. The lowest BCUT2D eigenvalue weighted by molar-refractivity contribution is -0.384. The summed E-state index contributed by atoms with van der Waals surface area (Å²) in [5, 5.41) is 18.7. The Kier molecular flexibility index (Phi) is 4.88. The van der Waals surface area contributed by atoms with Gasteiger partial charge in [0.15, 0.2) is 0 Å². The van der Waals surface area contributed by atoms with Crippen molar-refractivity contribution in [3.8, 4) is 11.3 Å². The van der Waals surface area contributed by atoms with Gasteiger partial charge in [-0.3, -0.25) is 20.0 Å². The van der Waals surface area contributed by atoms with Gasteiger partial charge in [-0.15, -0.1) is 0 Å². The number of nitrogens with one attached hydrogen (secondary N) is 1. The Bertz CT molecular complexity index is 1070. The molecule has 1 N–H and O–H groups in total. The zero-order chi connectivity index (χ0) is 20.5. The second-order valence-corrected chi connectivity index (χ2v) is 7.33. The molecule has 7 nitrogen and oxygen atoms in total. The third-order valence-electron chi connectivity index (χ3n) is 5.34. The molecule has 0 saturated heterocycles. The van der Waals surface area contributed by atoms with Crippen molar-refractivity contribution in [3.63, 3.8) is 0 Å². The van der Waals surface area contributed by atoms with Crippen LogP contribution in [0, 0.1) is 17.0 Å². The first-order valence-electron chi connectivity index (χ1n) is 9.72. The Balaban J connectivity index is 1.87. The zero-order valence-corrected chi connectivity index (χ0v) is 16.4. The van der Waals surface area contributed by atoms with Gasteiger partial charge in [0, 0.05) is 29.8 Å². The second kappa shape index (κ2) is 7.50. The molecule has 0 radical (unpaired) electrons. The number of fused-ring (bicyclic) bond motifs is 1. The fourth-order valence-corrected chi connectivity index (χ4v) is 3.84. The molecular formula is C22H22N4O3. The molecule has 1 aliphatic heterocycles. The number of rotatable bonds is 6. The molecule has 3 aromatic rings. The monoisotopic (exact) mass is 390 g/mol. The van der Waals surface area contributed by atoms with Gasteiger partial charge in [-0.2, -0.15) is 5.10 Å². The molecule has 0 fully saturated rings. The third-order valence-corrected chi connectivity index (χ3v) is 5.34. The number of aromatic nitrogens is 2. The number of nitrogens with zero attached hydrogens (tertiary/aromatic N) is 3. The maximum Gasteiger partial charge on any atom is 0.273 e. The van der Waals surface area contributed by atoms with E-state index in [-0.39, 0.29) is 11.6 Å². The number of benzene rings is 2. The number of unbranched alkanes of at least 4 members (excludes halogenated alkanes) is 1. The molecule has 4 rings (SSSR count). The molecule has 1 aliphatic rings. The van der Waals surface area contributed by atoms with Crippen molar-refractivity contribution in [1.82, 2.24) is 15.1 Å². The number of aromatic amines is 1. The van der Waals surface area contributed by atoms with E-state index in [0.29, 0.717) is 17.9 Å². The van der Waals surface area contributed by atoms with E-state index in [1.165, 1.54) is 6.07 Å². The fraction of sp³-hybridized carbons (Fsp3) is 0.273. The van der Waals surface area contributed by atoms with Crippen molar-refractivity contribution in [2.24, 2.45) is 0 Å². The minimum atomic E-state index is -0.409. The van der Waals surface area contributed by atoms with Gasteiger partial charge in [0.05, 0.1) is 16.7 Å². The van der Waals surface area contributed by atoms with E-state index in [2.05, 4.69) is 17.1 Å². The summed E-state index contributed by atoms with van der Waals surface area (Å²) in [6.45, 7) is 4.67. The summed E-state index contributed by atoms with van der Waals surface area (Å²) in [7, 11) is 0. The van der Waals surface area contributed by atoms with E-state index < -0.39 is 11.0 Å². The van der Waals surface area contributed by atoms with Crippen LogP contribution in [0.5, 0.6) is 0 Å². The topological polar surface area (TPSA) is 92.1 Å². The fourth-order valence-electron chi connectivity index (χ4n) is 3.84. The SMILES string of the molecule is CCCCN1C(=O)c2[nH]nc(-c3ccc(C)cc3)c2C1c1cccc([N+](=O)[O-])c1. The smallest absolute Gasteiger partial charge is 0.273 e. The predicted molar refractivity (Wildman–Crippen MR) is 110 cm³/mol. The maximum absolute atomic E-state index is 13.1. The average molecular weight is 390 g/mol. The van der Waals surface area contributed by atoms with Gasteiger partial charge < -0.3 is 4.90 Å². The number of amides is 1. The minimum Gasteiger partial charge on any atom is -0.326 e. The van der Waals surface area contributed by atoms with Crippen LogP contribution in [0.4, 0.5) is 5.69 Å². The highest BCUT2D eigenvalue weighted by atomic mass is 16.6. The Hall–Kier alpha value is -3.48. The van der Waals surface area contributed by atoms with Crippen molar-refractivity contribution in [2.45, 2.75) is 32.7 Å². The van der Waals surface area contributed by atoms with E-state index in [4.69, 9.17) is 0 Å². The lowest BCUT2D eigenvalue weighted by atomic mass is 9.95. The molecule has 0 spiro atoms. The zero-order valence-electron chi connectivity index (χ0n) is 16.4. The van der Waals surface area contributed by atoms with Crippen LogP contribution in [0.3, 0.4) is 0 Å². The van der Waals surface area contributed by atoms with Crippen molar-refractivity contribution < 1.29 is 9.72 Å². The highest BCUT2D eigenvalue weighted by Crippen LogP contribution is 2.43. The van der Waals surface area contributed by atoms with Crippen LogP contribution in [-0.4, -0.2) is 32.5 Å². The molecule has 1 amide bonds. The quantitative estimate of drug-likeness (QED) is 0.490. The lowest BCUT2D eigenvalue weighted by Crippen LogP contribution is -2.30. The second-order valence-electron chi connectivity index (χ2n) is 7.33. The van der Waals surface area contributed by atoms with Crippen LogP contribution >= 0.6 is 0 Å². The van der Waals surface area contributed by atoms with Gasteiger partial charge in [-0.25, -0.2) is 0 Å². The van der Waals surface area contributed by atoms with Crippen LogP contribution in [0.1, 0.15) is 53.0 Å². The van der Waals surface area contributed by atoms with E-state index in [0.717, 1.165) is 35.1 Å². The summed E-state index contributed by atoms with van der Waals surface area (Å²) in [5.74, 6) is -0.115. The molecule has 0 bridgehead atoms. The van der Waals surface area contributed by atoms with Gasteiger partial charge in [-0.1, -0.05) is 55.3 Å². The number of H-pyrrole nitrogens is 1. The average Bonchev–Trinajstić information content (AvgIpc) is 3.26. The normalized spacial score (nSPS) is 15.6. The molecule has 29 heavy (non-hydrogen) atoms. The number of aryl methyl sites for hydroxylation is 1. The Morgan fingerprint density at radius 3 is 2.66 bits per heavy atom. The highest BCUT2D eigenvalue weighted by Gasteiger charge is 2.42. The predicted octanol–water partition coefficient (Wildman–Crippen LogP) is 4.64. The molecule has 1 unspecified atom stereocenters. The van der Waals surface area contributed by atoms with E-state index >= 15 is 0 Å². The van der Waals surface area contributed by atoms with Gasteiger partial charge in [-0.05, 0) is 18.9 Å². The molecular weight excluding hydrogens is 368 g/mol. The van der Waals surface area contributed by atoms with Crippen LogP contribution in [-0.2, 0) is 0 Å². The molecule has 148 valence electrons. The standard InChI is InChI=1S/C22H22N4O3/c1-3-4-12-25-21(16-6-5-7-17(13-16)26(28)29)18-19(23-24-20(18)22(25)27)15-10-8-14(2)9-11-15/h5-11,13,21H,3-4,12H2,1-2H3,(H,23,24). The van der Waals surface area contributed by atoms with E-state index in [1.807, 2.05) is 37.3 Å². The number of carbonyl (C=O) groups excluding carboxylic acids is 1. The molecule has 2 heterocycles. The van der Waals surface area contributed by atoms with Crippen LogP contribution in [0.2, 0.25) is 0 Å². The number of nitro benzene ring substituents is 1. The summed E-state index contributed by atoms with van der Waals surface area (Å²) in [6.07, 6.45) is 1.80. The van der Waals surface area contributed by atoms with Gasteiger partial charge in [0.2, 0.25) is 0 Å². The Morgan fingerprint density at radius 2 is 1.97 bits per heavy atom. The molecule has 0 aliphatic carbocycles. The number of hydrogen-bond acceptors (Lipinski definition) is 4. The van der Waals surface area contributed by atoms with Crippen LogP contribution < -0.4 is 0 Å². The largest absolute Gasteiger partial charge is 0.326 e. The molecule has 2 aromatic carbocycles. The van der Waals surface area contributed by atoms with Gasteiger partial charge in [0.1, 0.15) is 5.69 Å². The first kappa shape index (κ1) is 18.9. The van der Waals surface area contributed by atoms with Gasteiger partial charge >= 0.3 is 0 Å². The number of hydrogen-bond donors (Lipinski definition) is 1. The molecule has 7 heteroatoms. The summed E-state index contributed by atoms with van der Waals surface area (Å²) >= 11 is 0. The highest BCUT2D eigenvalue weighted by molar-refractivity contribution is 6.00. The summed E-state index contributed by atoms with van der Waals surface area (Å²) in [6, 6.07) is 14.1. The van der Waals surface area contributed by atoms with Crippen LogP contribution in [0.15, 0.2) is 48.5 Å². The molecule has 1 aromatic heterocycles. The van der Waals surface area contributed by atoms with E-state index in [1.54, 1.807) is 17.0 Å². The third kappa shape index (κ3) is 3.29. The Labute approximate surface area is 168 Å². The summed E-state index contributed by atoms with van der Waals surface area (Å²) in [5.41, 5.74) is 4.74. The van der Waals surface area contributed by atoms with Crippen molar-refractivity contribution in [1.29, 1.82) is 0 Å². The number of non-ortho nitro benzene ring substituents is 1. The van der Waals surface area contributed by atoms with Crippen molar-refractivity contribution >= 4 is 11.6 Å². The summed E-state index contributed by atoms with van der Waals surface area (Å²) < 4.78 is 0. The van der Waals surface area contributed by atoms with Crippen molar-refractivity contribution in [3.05, 3.63) is 81.0 Å². The van der Waals surface area contributed by atoms with E-state index in [9.17, 15) is 14.9 Å². The van der Waals surface area contributed by atoms with Crippen LogP contribution in [0.25, 0.3) is 11.3 Å². The first-order chi connectivity index (χ1) is 14.0. The van der Waals surface area contributed by atoms with Gasteiger partial charge in [0.25, 0.3) is 11.6 Å². The lowest BCUT2D eigenvalue weighted by Gasteiger charge is -2.26.